The number of alkyl halides is 1. The molecule has 0 saturated carbocycles. The second-order valence-corrected chi connectivity index (χ2v) is 8.73. The lowest BCUT2D eigenvalue weighted by Crippen LogP contribution is -2.34. The van der Waals surface area contributed by atoms with Crippen molar-refractivity contribution in [3.05, 3.63) is 42.5 Å². The number of hydrogen-bond acceptors (Lipinski definition) is 3. The number of benzene rings is 1. The van der Waals surface area contributed by atoms with Crippen LogP contribution in [0.1, 0.15) is 32.6 Å². The molecule has 0 heterocycles. The van der Waals surface area contributed by atoms with E-state index in [1.807, 2.05) is 6.08 Å². The molecule has 0 spiro atoms. The van der Waals surface area contributed by atoms with Crippen molar-refractivity contribution in [3.63, 3.8) is 0 Å². The zero-order valence-electron chi connectivity index (χ0n) is 14.6. The van der Waals surface area contributed by atoms with Crippen LogP contribution in [0.15, 0.2) is 47.4 Å². The molecule has 138 valence electrons. The molecule has 6 heteroatoms. The van der Waals surface area contributed by atoms with E-state index in [2.05, 4.69) is 6.92 Å². The van der Waals surface area contributed by atoms with Gasteiger partial charge in [-0.15, -0.1) is 11.6 Å². The number of ketones is 1. The maximum atomic E-state index is 12.8. The van der Waals surface area contributed by atoms with E-state index >= 15 is 0 Å². The molecule has 0 saturated heterocycles. The number of sulfonamides is 1. The van der Waals surface area contributed by atoms with E-state index in [9.17, 15) is 13.2 Å². The number of carbonyl (C=O) groups excluding carboxylic acids is 1. The molecule has 0 bridgehead atoms. The zero-order valence-corrected chi connectivity index (χ0v) is 16.2. The lowest BCUT2D eigenvalue weighted by Gasteiger charge is -2.27. The van der Waals surface area contributed by atoms with Gasteiger partial charge in [-0.25, -0.2) is 8.42 Å². The van der Waals surface area contributed by atoms with E-state index in [0.29, 0.717) is 36.2 Å². The first-order valence-corrected chi connectivity index (χ1v) is 10.8. The highest BCUT2D eigenvalue weighted by Gasteiger charge is 2.26. The molecule has 1 aliphatic carbocycles. The number of hydrogen-bond donors (Lipinski definition) is 0. The van der Waals surface area contributed by atoms with Crippen LogP contribution in [0.5, 0.6) is 0 Å². The summed E-state index contributed by atoms with van der Waals surface area (Å²) in [5.74, 6) is 1.17. The van der Waals surface area contributed by atoms with E-state index in [1.165, 1.54) is 4.31 Å². The first-order chi connectivity index (χ1) is 12.0. The summed E-state index contributed by atoms with van der Waals surface area (Å²) in [6.45, 7) is 2.84. The van der Waals surface area contributed by atoms with Gasteiger partial charge in [0.25, 0.3) is 0 Å². The molecule has 1 unspecified atom stereocenters. The van der Waals surface area contributed by atoms with Gasteiger partial charge in [-0.2, -0.15) is 4.31 Å². The predicted octanol–water partition coefficient (Wildman–Crippen LogP) is 3.87. The lowest BCUT2D eigenvalue weighted by atomic mass is 9.79. The van der Waals surface area contributed by atoms with Crippen LogP contribution in [0.3, 0.4) is 0 Å². The van der Waals surface area contributed by atoms with Gasteiger partial charge in [-0.3, -0.25) is 4.79 Å². The Hall–Kier alpha value is -1.17. The predicted molar refractivity (Wildman–Crippen MR) is 101 cm³/mol. The number of halogens is 1. The molecule has 4 nitrogen and oxygen atoms in total. The van der Waals surface area contributed by atoms with Crippen LogP contribution in [0.4, 0.5) is 0 Å². The topological polar surface area (TPSA) is 54.5 Å². The third kappa shape index (κ3) is 5.40. The largest absolute Gasteiger partial charge is 0.295 e. The average Bonchev–Trinajstić information content (AvgIpc) is 2.62. The Morgan fingerprint density at radius 2 is 1.92 bits per heavy atom. The molecule has 1 aliphatic rings. The van der Waals surface area contributed by atoms with Gasteiger partial charge in [0.05, 0.1) is 4.90 Å². The molecule has 2 rings (SSSR count). The molecule has 0 fully saturated rings. The van der Waals surface area contributed by atoms with Crippen LogP contribution in [-0.4, -0.2) is 37.5 Å². The first-order valence-electron chi connectivity index (χ1n) is 8.81. The number of allylic oxidation sites excluding steroid dienone is 2. The van der Waals surface area contributed by atoms with Crippen LogP contribution in [-0.2, 0) is 14.8 Å². The molecule has 0 N–H and O–H groups in total. The summed E-state index contributed by atoms with van der Waals surface area (Å²) in [6, 6.07) is 8.47. The van der Waals surface area contributed by atoms with Crippen molar-refractivity contribution in [3.8, 4) is 0 Å². The Morgan fingerprint density at radius 1 is 1.20 bits per heavy atom. The molecule has 1 aromatic rings. The van der Waals surface area contributed by atoms with Crippen LogP contribution < -0.4 is 0 Å². The van der Waals surface area contributed by atoms with Gasteiger partial charge in [-0.1, -0.05) is 37.6 Å². The average molecular weight is 384 g/mol. The van der Waals surface area contributed by atoms with E-state index < -0.39 is 10.0 Å². The summed E-state index contributed by atoms with van der Waals surface area (Å²) < 4.78 is 27.0. The van der Waals surface area contributed by atoms with Gasteiger partial charge in [0.15, 0.2) is 5.78 Å². The van der Waals surface area contributed by atoms with Crippen molar-refractivity contribution in [2.24, 2.45) is 11.8 Å². The highest BCUT2D eigenvalue weighted by atomic mass is 35.5. The first kappa shape index (κ1) is 20.1. The minimum Gasteiger partial charge on any atom is -0.295 e. The summed E-state index contributed by atoms with van der Waals surface area (Å²) in [4.78, 5) is 11.8. The van der Waals surface area contributed by atoms with Gasteiger partial charge in [0.2, 0.25) is 10.0 Å². The summed E-state index contributed by atoms with van der Waals surface area (Å²) in [5, 5.41) is 0. The van der Waals surface area contributed by atoms with Crippen LogP contribution in [0, 0.1) is 11.8 Å². The van der Waals surface area contributed by atoms with Crippen molar-refractivity contribution in [2.75, 3.05) is 19.0 Å². The van der Waals surface area contributed by atoms with Gasteiger partial charge >= 0.3 is 0 Å². The molecule has 0 aliphatic heterocycles. The summed E-state index contributed by atoms with van der Waals surface area (Å²) in [6.07, 6.45) is 6.87. The number of carbonyl (C=O) groups is 1. The van der Waals surface area contributed by atoms with Crippen molar-refractivity contribution in [1.82, 2.24) is 4.31 Å². The smallest absolute Gasteiger partial charge is 0.243 e. The summed E-state index contributed by atoms with van der Waals surface area (Å²) in [7, 11) is -3.52. The Balaban J connectivity index is 2.00. The fourth-order valence-corrected chi connectivity index (χ4v) is 5.14. The van der Waals surface area contributed by atoms with Crippen molar-refractivity contribution < 1.29 is 13.2 Å². The van der Waals surface area contributed by atoms with Crippen LogP contribution >= 0.6 is 11.6 Å². The normalized spacial score (nSPS) is 21.0. The Kier molecular flexibility index (Phi) is 7.66. The van der Waals surface area contributed by atoms with Crippen LogP contribution in [0.2, 0.25) is 0 Å². The Bertz CT molecular complexity index is 688. The second kappa shape index (κ2) is 9.51. The third-order valence-corrected chi connectivity index (χ3v) is 6.86. The minimum absolute atomic E-state index is 0.193. The molecule has 25 heavy (non-hydrogen) atoms. The molecule has 0 amide bonds. The van der Waals surface area contributed by atoms with Gasteiger partial charge in [0.1, 0.15) is 0 Å². The maximum absolute atomic E-state index is 12.8. The SMILES string of the molecule is CC[C@H]1CC(=O)C=CC1CCCN(CCCl)S(=O)(=O)c1ccccc1. The quantitative estimate of drug-likeness (QED) is 0.608. The van der Waals surface area contributed by atoms with Crippen molar-refractivity contribution in [1.29, 1.82) is 0 Å². The third-order valence-electron chi connectivity index (χ3n) is 4.78. The Morgan fingerprint density at radius 3 is 2.56 bits per heavy atom. The fraction of sp³-hybridized carbons (Fsp3) is 0.526. The van der Waals surface area contributed by atoms with E-state index in [1.54, 1.807) is 36.4 Å². The van der Waals surface area contributed by atoms with Crippen molar-refractivity contribution >= 4 is 27.4 Å². The fourth-order valence-electron chi connectivity index (χ4n) is 3.34. The number of rotatable bonds is 9. The van der Waals surface area contributed by atoms with Crippen LogP contribution in [0.25, 0.3) is 0 Å². The zero-order chi connectivity index (χ0) is 18.3. The molecular formula is C19H26ClNO3S. The standard InChI is InChI=1S/C19H26ClNO3S/c1-2-16-15-18(22)11-10-17(16)7-6-13-21(14-12-20)25(23,24)19-8-4-3-5-9-19/h3-5,8-11,16-17H,2,6-7,12-15H2,1H3/t16-,17?/m0/s1. The van der Waals surface area contributed by atoms with Gasteiger partial charge < -0.3 is 0 Å². The molecule has 0 aromatic heterocycles. The Labute approximate surface area is 155 Å². The number of nitrogens with zero attached hydrogens (tertiary/aromatic N) is 1. The van der Waals surface area contributed by atoms with Crippen molar-refractivity contribution in [2.45, 2.75) is 37.5 Å². The molecule has 0 radical (unpaired) electrons. The lowest BCUT2D eigenvalue weighted by molar-refractivity contribution is -0.116. The van der Waals surface area contributed by atoms with Gasteiger partial charge in [0, 0.05) is 25.4 Å². The highest BCUT2D eigenvalue weighted by molar-refractivity contribution is 7.89. The second-order valence-electron chi connectivity index (χ2n) is 6.41. The monoisotopic (exact) mass is 383 g/mol. The van der Waals surface area contributed by atoms with E-state index in [4.69, 9.17) is 11.6 Å². The molecular weight excluding hydrogens is 358 g/mol. The summed E-state index contributed by atoms with van der Waals surface area (Å²) >= 11 is 5.82. The summed E-state index contributed by atoms with van der Waals surface area (Å²) in [5.41, 5.74) is 0. The van der Waals surface area contributed by atoms with Gasteiger partial charge in [-0.05, 0) is 42.9 Å². The van der Waals surface area contributed by atoms with E-state index in [-0.39, 0.29) is 11.7 Å². The maximum Gasteiger partial charge on any atom is 0.243 e. The highest BCUT2D eigenvalue weighted by Crippen LogP contribution is 2.29. The molecule has 2 atom stereocenters. The van der Waals surface area contributed by atoms with E-state index in [0.717, 1.165) is 19.3 Å². The minimum atomic E-state index is -3.52. The molecule has 1 aromatic carbocycles.